The molecule has 5 rings (SSSR count). The fourth-order valence-corrected chi connectivity index (χ4v) is 13.2. The maximum absolute atomic E-state index is 13.7. The van der Waals surface area contributed by atoms with Gasteiger partial charge in [-0.3, -0.25) is 0 Å². The molecule has 0 saturated carbocycles. The SMILES string of the molecule is O=S1(=O)C[C@@H]2[C@@H](C1)N(S(=O)(=O)c1ccc(F)cc1)[C@H]1CS(=O)(=O)C[C@H]1N2S(=O)(=O)c1ccc(F)cc1. The topological polar surface area (TPSA) is 143 Å². The van der Waals surface area contributed by atoms with Crippen molar-refractivity contribution in [2.45, 2.75) is 34.0 Å². The molecule has 0 unspecified atom stereocenters. The summed E-state index contributed by atoms with van der Waals surface area (Å²) in [5.41, 5.74) is 0. The zero-order chi connectivity index (χ0) is 26.3. The third kappa shape index (κ3) is 4.16. The smallest absolute Gasteiger partial charge is 0.229 e. The lowest BCUT2D eigenvalue weighted by Gasteiger charge is -2.48. The van der Waals surface area contributed by atoms with Gasteiger partial charge in [-0.2, -0.15) is 8.61 Å². The van der Waals surface area contributed by atoms with Crippen molar-refractivity contribution in [1.82, 2.24) is 8.61 Å². The third-order valence-corrected chi connectivity index (χ3v) is 14.0. The number of halogens is 2. The van der Waals surface area contributed by atoms with Crippen LogP contribution in [0, 0.1) is 11.6 Å². The number of sulfone groups is 2. The van der Waals surface area contributed by atoms with Crippen molar-refractivity contribution in [2.75, 3.05) is 23.0 Å². The summed E-state index contributed by atoms with van der Waals surface area (Å²) in [7, 11) is -17.0. The predicted molar refractivity (Wildman–Crippen MR) is 123 cm³/mol. The van der Waals surface area contributed by atoms with E-state index >= 15 is 0 Å². The molecule has 2 aromatic carbocycles. The molecule has 0 bridgehead atoms. The zero-order valence-corrected chi connectivity index (χ0v) is 21.6. The van der Waals surface area contributed by atoms with Crippen LogP contribution in [0.5, 0.6) is 0 Å². The molecule has 10 nitrogen and oxygen atoms in total. The fourth-order valence-electron chi connectivity index (χ4n) is 5.25. The van der Waals surface area contributed by atoms with Gasteiger partial charge in [0.2, 0.25) is 20.0 Å². The van der Waals surface area contributed by atoms with Crippen LogP contribution < -0.4 is 0 Å². The number of hydrogen-bond acceptors (Lipinski definition) is 8. The van der Waals surface area contributed by atoms with E-state index in [1.165, 1.54) is 0 Å². The van der Waals surface area contributed by atoms with Crippen molar-refractivity contribution < 1.29 is 42.5 Å². The van der Waals surface area contributed by atoms with Crippen LogP contribution in [0.4, 0.5) is 8.78 Å². The minimum absolute atomic E-state index is 0.384. The second-order valence-corrected chi connectivity index (χ2v) is 17.0. The largest absolute Gasteiger partial charge is 0.243 e. The number of hydrogen-bond donors (Lipinski definition) is 0. The van der Waals surface area contributed by atoms with E-state index < -0.39 is 98.5 Å². The van der Waals surface area contributed by atoms with E-state index in [1.807, 2.05) is 0 Å². The van der Waals surface area contributed by atoms with Gasteiger partial charge < -0.3 is 0 Å². The van der Waals surface area contributed by atoms with E-state index in [2.05, 4.69) is 0 Å². The fraction of sp³-hybridized carbons (Fsp3) is 0.400. The highest BCUT2D eigenvalue weighted by molar-refractivity contribution is 7.93. The van der Waals surface area contributed by atoms with Crippen molar-refractivity contribution in [3.63, 3.8) is 0 Å². The molecule has 0 spiro atoms. The standard InChI is InChI=1S/C20H20F2N2O8S4/c21-13-1-5-15(6-2-13)35(29,30)23-17-9-33(25,26)11-19(17)24(20-12-34(27,28)10-18(20)23)36(31,32)16-7-3-14(22)4-8-16/h1-8,17-20H,9-12H2/t17-,18-,19-,20+/m1/s1. The molecule has 3 aliphatic heterocycles. The van der Waals surface area contributed by atoms with E-state index in [0.717, 1.165) is 57.1 Å². The van der Waals surface area contributed by atoms with Gasteiger partial charge in [-0.25, -0.2) is 42.5 Å². The maximum Gasteiger partial charge on any atom is 0.243 e. The first-order chi connectivity index (χ1) is 16.6. The number of piperazine rings is 1. The Labute approximate surface area is 207 Å². The predicted octanol–water partition coefficient (Wildman–Crippen LogP) is -0.00880. The Morgan fingerprint density at radius 3 is 1.06 bits per heavy atom. The van der Waals surface area contributed by atoms with Crippen molar-refractivity contribution >= 4 is 39.7 Å². The van der Waals surface area contributed by atoms with Gasteiger partial charge in [-0.1, -0.05) is 0 Å². The molecule has 0 N–H and O–H groups in total. The van der Waals surface area contributed by atoms with Crippen LogP contribution in [0.1, 0.15) is 0 Å². The number of sulfonamides is 2. The third-order valence-electron chi connectivity index (χ3n) is 6.67. The average Bonchev–Trinajstić information content (AvgIpc) is 3.24. The molecule has 0 aromatic heterocycles. The first-order valence-corrected chi connectivity index (χ1v) is 17.1. The Balaban J connectivity index is 1.70. The van der Waals surface area contributed by atoms with Gasteiger partial charge in [0.1, 0.15) is 11.6 Å². The summed E-state index contributed by atoms with van der Waals surface area (Å²) in [6.07, 6.45) is 0. The molecule has 2 aromatic rings. The Morgan fingerprint density at radius 2 is 0.806 bits per heavy atom. The quantitative estimate of drug-likeness (QED) is 0.490. The van der Waals surface area contributed by atoms with Crippen LogP contribution in [-0.4, -0.2) is 89.5 Å². The highest BCUT2D eigenvalue weighted by Crippen LogP contribution is 2.43. The summed E-state index contributed by atoms with van der Waals surface area (Å²) in [5, 5.41) is 0. The van der Waals surface area contributed by atoms with Crippen molar-refractivity contribution in [3.05, 3.63) is 60.2 Å². The number of rotatable bonds is 4. The Hall–Kier alpha value is -1.98. The molecule has 196 valence electrons. The molecule has 3 fully saturated rings. The van der Waals surface area contributed by atoms with Crippen molar-refractivity contribution in [2.24, 2.45) is 0 Å². The van der Waals surface area contributed by atoms with Crippen molar-refractivity contribution in [1.29, 1.82) is 0 Å². The molecule has 4 atom stereocenters. The highest BCUT2D eigenvalue weighted by Gasteiger charge is 2.63. The summed E-state index contributed by atoms with van der Waals surface area (Å²) in [4.78, 5) is -0.769. The van der Waals surface area contributed by atoms with E-state index in [1.54, 1.807) is 0 Å². The van der Waals surface area contributed by atoms with E-state index in [0.29, 0.717) is 0 Å². The average molecular weight is 583 g/mol. The number of benzene rings is 2. The Morgan fingerprint density at radius 1 is 0.556 bits per heavy atom. The minimum Gasteiger partial charge on any atom is -0.229 e. The second kappa shape index (κ2) is 8.26. The maximum atomic E-state index is 13.7. The van der Waals surface area contributed by atoms with Crippen LogP contribution in [0.25, 0.3) is 0 Å². The molecule has 3 heterocycles. The molecular weight excluding hydrogens is 562 g/mol. The van der Waals surface area contributed by atoms with Crippen LogP contribution in [-0.2, 0) is 39.7 Å². The molecule has 0 aliphatic carbocycles. The van der Waals surface area contributed by atoms with Gasteiger partial charge >= 0.3 is 0 Å². The Kier molecular flexibility index (Phi) is 5.89. The highest BCUT2D eigenvalue weighted by atomic mass is 32.2. The van der Waals surface area contributed by atoms with Crippen LogP contribution >= 0.6 is 0 Å². The lowest BCUT2D eigenvalue weighted by Crippen LogP contribution is -2.69. The Bertz CT molecular complexity index is 1480. The summed E-state index contributed by atoms with van der Waals surface area (Å²) < 4.78 is 134. The van der Waals surface area contributed by atoms with E-state index in [-0.39, 0.29) is 9.79 Å². The van der Waals surface area contributed by atoms with Gasteiger partial charge in [-0.15, -0.1) is 0 Å². The molecule has 3 saturated heterocycles. The van der Waals surface area contributed by atoms with Gasteiger partial charge in [-0.05, 0) is 48.5 Å². The van der Waals surface area contributed by atoms with Gasteiger partial charge in [0.15, 0.2) is 19.7 Å². The lowest BCUT2D eigenvalue weighted by molar-refractivity contribution is 0.0841. The molecule has 16 heteroatoms. The first kappa shape index (κ1) is 25.7. The molecule has 0 amide bonds. The minimum atomic E-state index is -4.56. The van der Waals surface area contributed by atoms with Gasteiger partial charge in [0.25, 0.3) is 0 Å². The summed E-state index contributed by atoms with van der Waals surface area (Å²) in [6.45, 7) is 0. The van der Waals surface area contributed by atoms with Crippen molar-refractivity contribution in [3.8, 4) is 0 Å². The summed E-state index contributed by atoms with van der Waals surface area (Å²) in [5.74, 6) is -4.33. The molecular formula is C20H20F2N2O8S4. The normalized spacial score (nSPS) is 30.1. The number of fused-ring (bicyclic) bond motifs is 2. The molecule has 0 radical (unpaired) electrons. The monoisotopic (exact) mass is 582 g/mol. The zero-order valence-electron chi connectivity index (χ0n) is 18.3. The summed E-state index contributed by atoms with van der Waals surface area (Å²) >= 11 is 0. The van der Waals surface area contributed by atoms with E-state index in [9.17, 15) is 42.5 Å². The number of nitrogens with zero attached hydrogens (tertiary/aromatic N) is 2. The first-order valence-electron chi connectivity index (χ1n) is 10.6. The second-order valence-electron chi connectivity index (χ2n) is 9.00. The van der Waals surface area contributed by atoms with E-state index in [4.69, 9.17) is 0 Å². The van der Waals surface area contributed by atoms with Crippen LogP contribution in [0.2, 0.25) is 0 Å². The molecule has 3 aliphatic rings. The lowest BCUT2D eigenvalue weighted by atomic mass is 10.0. The van der Waals surface area contributed by atoms with Crippen LogP contribution in [0.3, 0.4) is 0 Å². The van der Waals surface area contributed by atoms with Gasteiger partial charge in [0.05, 0.1) is 57.0 Å². The summed E-state index contributed by atoms with van der Waals surface area (Å²) in [6, 6.07) is 1.80. The molecule has 36 heavy (non-hydrogen) atoms. The van der Waals surface area contributed by atoms with Crippen LogP contribution in [0.15, 0.2) is 58.3 Å². The van der Waals surface area contributed by atoms with Gasteiger partial charge in [0, 0.05) is 0 Å².